The zero-order valence-electron chi connectivity index (χ0n) is 6.18. The van der Waals surface area contributed by atoms with Crippen LogP contribution in [0.3, 0.4) is 0 Å². The molecule has 1 fully saturated rings. The number of nitrogens with one attached hydrogen (secondary N) is 2. The molecule has 0 aromatic carbocycles. The Hall–Kier alpha value is -0.0200. The molecule has 0 aliphatic carbocycles. The molecule has 1 aliphatic heterocycles. The van der Waals surface area contributed by atoms with E-state index in [0.717, 1.165) is 11.5 Å². The summed E-state index contributed by atoms with van der Waals surface area (Å²) in [5.74, 6) is 0. The lowest BCUT2D eigenvalue weighted by molar-refractivity contribution is 0.467. The van der Waals surface area contributed by atoms with Crippen LogP contribution in [-0.2, 0) is 0 Å². The van der Waals surface area contributed by atoms with Gasteiger partial charge in [-0.1, -0.05) is 0 Å². The molecule has 4 heteroatoms. The van der Waals surface area contributed by atoms with Gasteiger partial charge in [0.25, 0.3) is 0 Å². The third-order valence-electron chi connectivity index (χ3n) is 1.46. The van der Waals surface area contributed by atoms with Crippen molar-refractivity contribution in [2.75, 3.05) is 0 Å². The van der Waals surface area contributed by atoms with Crippen LogP contribution in [0, 0.1) is 0 Å². The van der Waals surface area contributed by atoms with E-state index >= 15 is 0 Å². The minimum atomic E-state index is 0. The molecule has 60 valence electrons. The molecule has 1 saturated heterocycles. The van der Waals surface area contributed by atoms with Gasteiger partial charge in [-0.05, 0) is 32.5 Å². The Bertz CT molecular complexity index is 117. The number of hydrogen-bond donors (Lipinski definition) is 2. The third-order valence-corrected chi connectivity index (χ3v) is 1.70. The lowest BCUT2D eigenvalue weighted by Gasteiger charge is -2.28. The Morgan fingerprint density at radius 1 is 1.30 bits per heavy atom. The molecule has 1 aliphatic rings. The SMILES string of the molecule is CC1CC(C)NC(=S)N1.Cl. The fourth-order valence-electron chi connectivity index (χ4n) is 1.14. The Morgan fingerprint density at radius 2 is 1.70 bits per heavy atom. The van der Waals surface area contributed by atoms with Gasteiger partial charge in [-0.3, -0.25) is 0 Å². The summed E-state index contributed by atoms with van der Waals surface area (Å²) in [6, 6.07) is 1.07. The maximum absolute atomic E-state index is 4.94. The fourth-order valence-corrected chi connectivity index (χ4v) is 1.54. The van der Waals surface area contributed by atoms with Crippen LogP contribution in [0.25, 0.3) is 0 Å². The molecular formula is C6H13ClN2S. The van der Waals surface area contributed by atoms with Crippen molar-refractivity contribution in [2.24, 2.45) is 0 Å². The molecule has 2 nitrogen and oxygen atoms in total. The maximum atomic E-state index is 4.94. The highest BCUT2D eigenvalue weighted by Gasteiger charge is 2.15. The van der Waals surface area contributed by atoms with Crippen LogP contribution >= 0.6 is 24.6 Å². The number of thiocarbonyl (C=S) groups is 1. The zero-order valence-corrected chi connectivity index (χ0v) is 7.81. The Kier molecular flexibility index (Phi) is 3.98. The summed E-state index contributed by atoms with van der Waals surface area (Å²) < 4.78 is 0. The standard InChI is InChI=1S/C6H12N2S.ClH/c1-4-3-5(2)8-6(9)7-4;/h4-5H,3H2,1-2H3,(H2,7,8,9);1H. The molecule has 1 rings (SSSR count). The monoisotopic (exact) mass is 180 g/mol. The van der Waals surface area contributed by atoms with Crippen LogP contribution in [0.15, 0.2) is 0 Å². The highest BCUT2D eigenvalue weighted by molar-refractivity contribution is 7.80. The van der Waals surface area contributed by atoms with Crippen molar-refractivity contribution < 1.29 is 0 Å². The van der Waals surface area contributed by atoms with Crippen molar-refractivity contribution in [1.29, 1.82) is 0 Å². The molecule has 0 aromatic heterocycles. The normalized spacial score (nSPS) is 31.6. The van der Waals surface area contributed by atoms with Gasteiger partial charge in [-0.15, -0.1) is 12.4 Å². The van der Waals surface area contributed by atoms with Crippen LogP contribution in [0.5, 0.6) is 0 Å². The first kappa shape index (κ1) is 9.98. The van der Waals surface area contributed by atoms with Crippen molar-refractivity contribution >= 4 is 29.7 Å². The average molecular weight is 181 g/mol. The quantitative estimate of drug-likeness (QED) is 0.546. The molecule has 0 spiro atoms. The second kappa shape index (κ2) is 3.98. The smallest absolute Gasteiger partial charge is 0.166 e. The van der Waals surface area contributed by atoms with Crippen molar-refractivity contribution in [2.45, 2.75) is 32.4 Å². The number of rotatable bonds is 0. The van der Waals surface area contributed by atoms with Crippen molar-refractivity contribution in [3.63, 3.8) is 0 Å². The van der Waals surface area contributed by atoms with E-state index in [2.05, 4.69) is 24.5 Å². The van der Waals surface area contributed by atoms with Crippen molar-refractivity contribution in [3.8, 4) is 0 Å². The van der Waals surface area contributed by atoms with E-state index in [9.17, 15) is 0 Å². The molecule has 0 aromatic rings. The molecule has 2 unspecified atom stereocenters. The van der Waals surface area contributed by atoms with E-state index in [0.29, 0.717) is 12.1 Å². The van der Waals surface area contributed by atoms with Gasteiger partial charge in [-0.25, -0.2) is 0 Å². The van der Waals surface area contributed by atoms with Gasteiger partial charge >= 0.3 is 0 Å². The summed E-state index contributed by atoms with van der Waals surface area (Å²) in [7, 11) is 0. The fraction of sp³-hybridized carbons (Fsp3) is 0.833. The third kappa shape index (κ3) is 2.71. The lowest BCUT2D eigenvalue weighted by atomic mass is 10.1. The summed E-state index contributed by atoms with van der Waals surface area (Å²) in [4.78, 5) is 0. The first-order chi connectivity index (χ1) is 4.18. The van der Waals surface area contributed by atoms with Crippen LogP contribution in [0.2, 0.25) is 0 Å². The van der Waals surface area contributed by atoms with Crippen molar-refractivity contribution in [1.82, 2.24) is 10.6 Å². The van der Waals surface area contributed by atoms with Gasteiger partial charge in [0.15, 0.2) is 5.11 Å². The summed E-state index contributed by atoms with van der Waals surface area (Å²) in [5, 5.41) is 7.05. The highest BCUT2D eigenvalue weighted by Crippen LogP contribution is 2.01. The molecular weight excluding hydrogens is 168 g/mol. The van der Waals surface area contributed by atoms with E-state index in [1.54, 1.807) is 0 Å². The minimum absolute atomic E-state index is 0. The maximum Gasteiger partial charge on any atom is 0.166 e. The van der Waals surface area contributed by atoms with Gasteiger partial charge in [0, 0.05) is 12.1 Å². The molecule has 0 bridgehead atoms. The second-order valence-electron chi connectivity index (χ2n) is 2.66. The van der Waals surface area contributed by atoms with E-state index in [-0.39, 0.29) is 12.4 Å². The minimum Gasteiger partial charge on any atom is -0.360 e. The van der Waals surface area contributed by atoms with Gasteiger partial charge in [0.1, 0.15) is 0 Å². The summed E-state index contributed by atoms with van der Waals surface area (Å²) >= 11 is 4.94. The van der Waals surface area contributed by atoms with Crippen LogP contribution in [0.4, 0.5) is 0 Å². The van der Waals surface area contributed by atoms with Crippen molar-refractivity contribution in [3.05, 3.63) is 0 Å². The van der Waals surface area contributed by atoms with Crippen LogP contribution in [0.1, 0.15) is 20.3 Å². The molecule has 0 radical (unpaired) electrons. The zero-order chi connectivity index (χ0) is 6.85. The number of halogens is 1. The van der Waals surface area contributed by atoms with Gasteiger partial charge in [-0.2, -0.15) is 0 Å². The second-order valence-corrected chi connectivity index (χ2v) is 3.06. The Morgan fingerprint density at radius 3 is 2.00 bits per heavy atom. The van der Waals surface area contributed by atoms with Gasteiger partial charge in [0.05, 0.1) is 0 Å². The summed E-state index contributed by atoms with van der Waals surface area (Å²) in [5.41, 5.74) is 0. The number of hydrogen-bond acceptors (Lipinski definition) is 1. The predicted molar refractivity (Wildman–Crippen MR) is 49.7 cm³/mol. The summed E-state index contributed by atoms with van der Waals surface area (Å²) in [6.45, 7) is 4.28. The largest absolute Gasteiger partial charge is 0.360 e. The average Bonchev–Trinajstić information content (AvgIpc) is 1.59. The first-order valence-corrected chi connectivity index (χ1v) is 3.66. The van der Waals surface area contributed by atoms with Crippen LogP contribution in [-0.4, -0.2) is 17.2 Å². The van der Waals surface area contributed by atoms with Gasteiger partial charge in [0.2, 0.25) is 0 Å². The molecule has 10 heavy (non-hydrogen) atoms. The Balaban J connectivity index is 0.000000810. The Labute approximate surface area is 73.2 Å². The first-order valence-electron chi connectivity index (χ1n) is 3.25. The molecule has 0 amide bonds. The van der Waals surface area contributed by atoms with Crippen LogP contribution < -0.4 is 10.6 Å². The van der Waals surface area contributed by atoms with E-state index < -0.39 is 0 Å². The molecule has 2 N–H and O–H groups in total. The van der Waals surface area contributed by atoms with Gasteiger partial charge < -0.3 is 10.6 Å². The van der Waals surface area contributed by atoms with E-state index in [4.69, 9.17) is 12.2 Å². The molecule has 0 saturated carbocycles. The van der Waals surface area contributed by atoms with E-state index in [1.807, 2.05) is 0 Å². The summed E-state index contributed by atoms with van der Waals surface area (Å²) in [6.07, 6.45) is 1.15. The molecule has 2 atom stereocenters. The van der Waals surface area contributed by atoms with E-state index in [1.165, 1.54) is 0 Å². The topological polar surface area (TPSA) is 24.1 Å². The lowest BCUT2D eigenvalue weighted by Crippen LogP contribution is -2.51. The highest BCUT2D eigenvalue weighted by atomic mass is 35.5. The molecule has 1 heterocycles. The predicted octanol–water partition coefficient (Wildman–Crippen LogP) is 1.05.